The number of rotatable bonds is 2. The van der Waals surface area contributed by atoms with Gasteiger partial charge in [0.15, 0.2) is 5.78 Å². The topological polar surface area (TPSA) is 54.5 Å². The van der Waals surface area contributed by atoms with Crippen LogP contribution in [0.4, 0.5) is 5.69 Å². The molecule has 0 N–H and O–H groups in total. The Morgan fingerprint density at radius 3 is 2.22 bits per heavy atom. The van der Waals surface area contributed by atoms with Crippen molar-refractivity contribution in [1.82, 2.24) is 0 Å². The molecular formula is C19H17NO3. The van der Waals surface area contributed by atoms with E-state index in [0.717, 1.165) is 6.42 Å². The number of anilines is 1. The lowest BCUT2D eigenvalue weighted by atomic mass is 9.63. The maximum Gasteiger partial charge on any atom is 0.238 e. The minimum absolute atomic E-state index is 0.0636. The van der Waals surface area contributed by atoms with E-state index in [1.165, 1.54) is 11.8 Å². The SMILES string of the molecule is CC(=O)c1cccc(N2C(=O)C3C4C=CC(C5CC45)C3C2=O)c1. The van der Waals surface area contributed by atoms with Gasteiger partial charge in [-0.1, -0.05) is 24.3 Å². The van der Waals surface area contributed by atoms with Crippen LogP contribution >= 0.6 is 0 Å². The summed E-state index contributed by atoms with van der Waals surface area (Å²) in [7, 11) is 0. The van der Waals surface area contributed by atoms with Crippen LogP contribution in [0.1, 0.15) is 23.7 Å². The molecule has 3 fully saturated rings. The van der Waals surface area contributed by atoms with Gasteiger partial charge in [-0.05, 0) is 49.1 Å². The Labute approximate surface area is 134 Å². The Kier molecular flexibility index (Phi) is 2.41. The van der Waals surface area contributed by atoms with Crippen LogP contribution in [0, 0.1) is 35.5 Å². The zero-order chi connectivity index (χ0) is 15.9. The largest absolute Gasteiger partial charge is 0.295 e. The number of amides is 2. The molecule has 1 heterocycles. The van der Waals surface area contributed by atoms with Crippen LogP contribution in [0.2, 0.25) is 0 Å². The summed E-state index contributed by atoms with van der Waals surface area (Å²) >= 11 is 0. The van der Waals surface area contributed by atoms with Crippen molar-refractivity contribution in [2.45, 2.75) is 13.3 Å². The van der Waals surface area contributed by atoms with Crippen LogP contribution in [0.15, 0.2) is 36.4 Å². The van der Waals surface area contributed by atoms with Gasteiger partial charge >= 0.3 is 0 Å². The zero-order valence-electron chi connectivity index (χ0n) is 12.8. The van der Waals surface area contributed by atoms with Gasteiger partial charge in [-0.3, -0.25) is 14.4 Å². The fraction of sp³-hybridized carbons (Fsp3) is 0.421. The summed E-state index contributed by atoms with van der Waals surface area (Å²) in [5.41, 5.74) is 1.07. The second kappa shape index (κ2) is 4.19. The standard InChI is InChI=1S/C19H17NO3/c1-9(21)10-3-2-4-11(7-10)20-18(22)16-12-5-6-13(15-8-14(12)15)17(16)19(20)23/h2-7,12-17H,8H2,1H3. The van der Waals surface area contributed by atoms with Gasteiger partial charge in [0.2, 0.25) is 11.8 Å². The number of Topliss-reactive ketones (excluding diaryl/α,β-unsaturated/α-hetero) is 1. The highest BCUT2D eigenvalue weighted by molar-refractivity contribution is 6.23. The van der Waals surface area contributed by atoms with E-state index in [9.17, 15) is 14.4 Å². The average molecular weight is 307 g/mol. The molecule has 6 atom stereocenters. The molecule has 0 radical (unpaired) electrons. The van der Waals surface area contributed by atoms with Crippen molar-refractivity contribution in [2.24, 2.45) is 35.5 Å². The molecule has 4 heteroatoms. The van der Waals surface area contributed by atoms with Crippen LogP contribution in [0.5, 0.6) is 0 Å². The van der Waals surface area contributed by atoms with Gasteiger partial charge in [-0.25, -0.2) is 4.90 Å². The summed E-state index contributed by atoms with van der Waals surface area (Å²) in [5.74, 6) is 1.06. The van der Waals surface area contributed by atoms with E-state index < -0.39 is 0 Å². The summed E-state index contributed by atoms with van der Waals surface area (Å²) in [6.07, 6.45) is 5.50. The number of benzene rings is 1. The molecule has 1 aliphatic heterocycles. The van der Waals surface area contributed by atoms with Crippen molar-refractivity contribution in [2.75, 3.05) is 4.90 Å². The van der Waals surface area contributed by atoms with E-state index in [0.29, 0.717) is 23.1 Å². The third kappa shape index (κ3) is 1.58. The van der Waals surface area contributed by atoms with Crippen molar-refractivity contribution < 1.29 is 14.4 Å². The minimum atomic E-state index is -0.192. The van der Waals surface area contributed by atoms with E-state index in [1.807, 2.05) is 0 Å². The second-order valence-electron chi connectivity index (χ2n) is 7.27. The Balaban J connectivity index is 1.57. The fourth-order valence-corrected chi connectivity index (χ4v) is 5.08. The van der Waals surface area contributed by atoms with Crippen molar-refractivity contribution in [3.63, 3.8) is 0 Å². The fourth-order valence-electron chi connectivity index (χ4n) is 5.08. The molecule has 116 valence electrons. The third-order valence-electron chi connectivity index (χ3n) is 6.17. The first-order chi connectivity index (χ1) is 11.1. The Morgan fingerprint density at radius 1 is 1.04 bits per heavy atom. The molecule has 2 amide bonds. The summed E-state index contributed by atoms with van der Waals surface area (Å²) in [6, 6.07) is 6.85. The van der Waals surface area contributed by atoms with Gasteiger partial charge in [0.25, 0.3) is 0 Å². The van der Waals surface area contributed by atoms with Crippen LogP contribution < -0.4 is 4.90 Å². The highest BCUT2D eigenvalue weighted by Crippen LogP contribution is 2.65. The number of hydrogen-bond donors (Lipinski definition) is 0. The lowest BCUT2D eigenvalue weighted by Gasteiger charge is -2.37. The lowest BCUT2D eigenvalue weighted by molar-refractivity contribution is -0.124. The number of carbonyl (C=O) groups excluding carboxylic acids is 3. The lowest BCUT2D eigenvalue weighted by Crippen LogP contribution is -2.40. The predicted molar refractivity (Wildman–Crippen MR) is 83.6 cm³/mol. The van der Waals surface area contributed by atoms with Gasteiger partial charge in [0, 0.05) is 5.56 Å². The summed E-state index contributed by atoms with van der Waals surface area (Å²) in [5, 5.41) is 0. The maximum atomic E-state index is 13.0. The second-order valence-corrected chi connectivity index (χ2v) is 7.27. The number of nitrogens with zero attached hydrogens (tertiary/aromatic N) is 1. The van der Waals surface area contributed by atoms with Crippen molar-refractivity contribution in [3.05, 3.63) is 42.0 Å². The first kappa shape index (κ1) is 13.2. The normalized spacial score (nSPS) is 39.4. The first-order valence-electron chi connectivity index (χ1n) is 8.25. The van der Waals surface area contributed by atoms with Gasteiger partial charge in [0.1, 0.15) is 0 Å². The molecule has 0 aromatic heterocycles. The van der Waals surface area contributed by atoms with E-state index in [-0.39, 0.29) is 41.3 Å². The van der Waals surface area contributed by atoms with Gasteiger partial charge in [-0.2, -0.15) is 0 Å². The van der Waals surface area contributed by atoms with Crippen LogP contribution in [-0.2, 0) is 9.59 Å². The number of allylic oxidation sites excluding steroid dienone is 2. The molecule has 0 spiro atoms. The van der Waals surface area contributed by atoms with Crippen molar-refractivity contribution in [3.8, 4) is 0 Å². The molecule has 2 saturated carbocycles. The Hall–Kier alpha value is -2.23. The molecule has 4 aliphatic carbocycles. The third-order valence-corrected chi connectivity index (χ3v) is 6.17. The molecular weight excluding hydrogens is 290 g/mol. The molecule has 4 nitrogen and oxygen atoms in total. The van der Waals surface area contributed by atoms with Crippen molar-refractivity contribution >= 4 is 23.3 Å². The monoisotopic (exact) mass is 307 g/mol. The molecule has 6 rings (SSSR count). The molecule has 6 unspecified atom stereocenters. The van der Waals surface area contributed by atoms with E-state index in [1.54, 1.807) is 24.3 Å². The smallest absolute Gasteiger partial charge is 0.238 e. The number of ketones is 1. The molecule has 1 saturated heterocycles. The molecule has 23 heavy (non-hydrogen) atoms. The molecule has 1 aromatic rings. The minimum Gasteiger partial charge on any atom is -0.295 e. The van der Waals surface area contributed by atoms with Crippen LogP contribution in [0.25, 0.3) is 0 Å². The highest BCUT2D eigenvalue weighted by Gasteiger charge is 2.67. The summed E-state index contributed by atoms with van der Waals surface area (Å²) in [4.78, 5) is 38.9. The van der Waals surface area contributed by atoms with Gasteiger partial charge in [-0.15, -0.1) is 0 Å². The van der Waals surface area contributed by atoms with E-state index in [4.69, 9.17) is 0 Å². The maximum absolute atomic E-state index is 13.0. The number of imide groups is 1. The number of carbonyl (C=O) groups is 3. The molecule has 5 aliphatic rings. The highest BCUT2D eigenvalue weighted by atomic mass is 16.2. The van der Waals surface area contributed by atoms with Crippen molar-refractivity contribution in [1.29, 1.82) is 0 Å². The Bertz CT molecular complexity index is 760. The van der Waals surface area contributed by atoms with E-state index >= 15 is 0 Å². The van der Waals surface area contributed by atoms with Gasteiger partial charge < -0.3 is 0 Å². The average Bonchev–Trinajstić information content (AvgIpc) is 3.32. The van der Waals surface area contributed by atoms with Gasteiger partial charge in [0.05, 0.1) is 17.5 Å². The van der Waals surface area contributed by atoms with Crippen LogP contribution in [0.3, 0.4) is 0 Å². The zero-order valence-corrected chi connectivity index (χ0v) is 12.8. The molecule has 2 bridgehead atoms. The van der Waals surface area contributed by atoms with E-state index in [2.05, 4.69) is 12.2 Å². The Morgan fingerprint density at radius 2 is 1.65 bits per heavy atom. The quantitative estimate of drug-likeness (QED) is 0.479. The summed E-state index contributed by atoms with van der Waals surface area (Å²) < 4.78 is 0. The number of hydrogen-bond acceptors (Lipinski definition) is 3. The summed E-state index contributed by atoms with van der Waals surface area (Å²) in [6.45, 7) is 1.49. The first-order valence-corrected chi connectivity index (χ1v) is 8.25. The van der Waals surface area contributed by atoms with Crippen LogP contribution in [-0.4, -0.2) is 17.6 Å². The predicted octanol–water partition coefficient (Wildman–Crippen LogP) is 2.45. The molecule has 1 aromatic carbocycles.